The fourth-order valence-electron chi connectivity index (χ4n) is 1.72. The van der Waals surface area contributed by atoms with Gasteiger partial charge in [-0.1, -0.05) is 26.8 Å². The van der Waals surface area contributed by atoms with Crippen molar-refractivity contribution in [3.63, 3.8) is 0 Å². The van der Waals surface area contributed by atoms with Gasteiger partial charge in [0.1, 0.15) is 0 Å². The molecule has 0 amide bonds. The van der Waals surface area contributed by atoms with Gasteiger partial charge in [-0.2, -0.15) is 0 Å². The summed E-state index contributed by atoms with van der Waals surface area (Å²) in [5, 5.41) is 7.76. The van der Waals surface area contributed by atoms with Crippen molar-refractivity contribution in [1.82, 2.24) is 10.2 Å². The Morgan fingerprint density at radius 2 is 2.06 bits per heavy atom. The van der Waals surface area contributed by atoms with Crippen LogP contribution in [-0.2, 0) is 0 Å². The third kappa shape index (κ3) is 2.02. The first-order valence-corrected chi connectivity index (χ1v) is 5.50. The molecule has 0 saturated carbocycles. The van der Waals surface area contributed by atoms with Crippen LogP contribution in [0.1, 0.15) is 31.1 Å². The zero-order valence-electron chi connectivity index (χ0n) is 10.5. The number of H-pyrrole nitrogens is 1. The molecule has 0 aliphatic rings. The Balaban J connectivity index is 2.49. The second-order valence-corrected chi connectivity index (χ2v) is 5.07. The Hall–Kier alpha value is -1.84. The van der Waals surface area contributed by atoms with Crippen LogP contribution in [0.4, 0.5) is 0 Å². The Bertz CT molecular complexity index is 564. The topological polar surface area (TPSA) is 55.0 Å². The number of ether oxygens (including phenoxy) is 1. The number of fused-ring (bicyclic) bond motifs is 1. The first-order valence-electron chi connectivity index (χ1n) is 5.50. The molecule has 1 aromatic heterocycles. The zero-order chi connectivity index (χ0) is 12.6. The number of hydrogen-bond acceptors (Lipinski definition) is 3. The molecule has 0 radical (unpaired) electrons. The van der Waals surface area contributed by atoms with Crippen molar-refractivity contribution in [1.29, 1.82) is 0 Å². The van der Waals surface area contributed by atoms with Gasteiger partial charge in [-0.25, -0.2) is 0 Å². The molecular weight excluding hydrogens is 216 g/mol. The molecule has 0 saturated heterocycles. The van der Waals surface area contributed by atoms with Crippen molar-refractivity contribution >= 4 is 16.7 Å². The lowest BCUT2D eigenvalue weighted by Crippen LogP contribution is -2.19. The number of hydrogen-bond donors (Lipinski definition) is 1. The van der Waals surface area contributed by atoms with E-state index in [0.717, 1.165) is 10.9 Å². The molecule has 4 nitrogen and oxygen atoms in total. The van der Waals surface area contributed by atoms with E-state index < -0.39 is 0 Å². The van der Waals surface area contributed by atoms with Crippen LogP contribution in [0.3, 0.4) is 0 Å². The van der Waals surface area contributed by atoms with Crippen LogP contribution in [0.2, 0.25) is 0 Å². The van der Waals surface area contributed by atoms with Crippen molar-refractivity contribution in [2.75, 3.05) is 7.11 Å². The highest BCUT2D eigenvalue weighted by atomic mass is 16.5. The number of nitrogens with zero attached hydrogens (tertiary/aromatic N) is 1. The molecule has 0 unspecified atom stereocenters. The number of Topliss-reactive ketones (excluding diaryl/α,β-unsaturated/α-hetero) is 1. The van der Waals surface area contributed by atoms with Crippen molar-refractivity contribution in [3.05, 3.63) is 23.8 Å². The number of ketones is 1. The first kappa shape index (κ1) is 11.6. The van der Waals surface area contributed by atoms with Crippen LogP contribution < -0.4 is 4.74 Å². The van der Waals surface area contributed by atoms with E-state index in [1.807, 2.05) is 39.0 Å². The summed E-state index contributed by atoms with van der Waals surface area (Å²) < 4.78 is 5.11. The largest absolute Gasteiger partial charge is 0.480 e. The van der Waals surface area contributed by atoms with Gasteiger partial charge in [-0.15, -0.1) is 5.10 Å². The molecule has 0 spiro atoms. The lowest BCUT2D eigenvalue weighted by molar-refractivity contribution is 0.0858. The van der Waals surface area contributed by atoms with Gasteiger partial charge in [0.15, 0.2) is 5.78 Å². The van der Waals surface area contributed by atoms with E-state index in [1.165, 1.54) is 0 Å². The summed E-state index contributed by atoms with van der Waals surface area (Å²) in [6.45, 7) is 5.73. The predicted molar refractivity (Wildman–Crippen MR) is 66.4 cm³/mol. The molecule has 1 aromatic carbocycles. The zero-order valence-corrected chi connectivity index (χ0v) is 10.5. The van der Waals surface area contributed by atoms with Gasteiger partial charge in [-0.05, 0) is 12.1 Å². The van der Waals surface area contributed by atoms with Crippen molar-refractivity contribution < 1.29 is 9.53 Å². The Labute approximate surface area is 100.0 Å². The monoisotopic (exact) mass is 232 g/mol. The van der Waals surface area contributed by atoms with Gasteiger partial charge in [0, 0.05) is 11.0 Å². The van der Waals surface area contributed by atoms with Crippen LogP contribution in [0, 0.1) is 5.41 Å². The summed E-state index contributed by atoms with van der Waals surface area (Å²) in [6, 6.07) is 5.49. The molecule has 1 N–H and O–H groups in total. The van der Waals surface area contributed by atoms with Crippen LogP contribution in [-0.4, -0.2) is 23.1 Å². The smallest absolute Gasteiger partial charge is 0.240 e. The third-order valence-electron chi connectivity index (χ3n) is 2.66. The highest BCUT2D eigenvalue weighted by molar-refractivity contribution is 6.02. The molecule has 0 bridgehead atoms. The summed E-state index contributed by atoms with van der Waals surface area (Å²) in [4.78, 5) is 12.1. The number of carbonyl (C=O) groups excluding carboxylic acids is 1. The van der Waals surface area contributed by atoms with Gasteiger partial charge in [-0.3, -0.25) is 9.89 Å². The average molecular weight is 232 g/mol. The molecule has 0 fully saturated rings. The number of methoxy groups -OCH3 is 1. The summed E-state index contributed by atoms with van der Waals surface area (Å²) in [7, 11) is 1.57. The van der Waals surface area contributed by atoms with Crippen LogP contribution in [0.5, 0.6) is 5.88 Å². The number of aromatic amines is 1. The second kappa shape index (κ2) is 3.87. The average Bonchev–Trinajstić information content (AvgIpc) is 2.68. The SMILES string of the molecule is COc1n[nH]c2cc(C(=O)C(C)(C)C)ccc12. The first-order chi connectivity index (χ1) is 7.93. The standard InChI is InChI=1S/C13H16N2O2/c1-13(2,3)11(16)8-5-6-9-10(7-8)14-15-12(9)17-4/h5-7H,1-4H3,(H,14,15). The maximum atomic E-state index is 12.1. The summed E-state index contributed by atoms with van der Waals surface area (Å²) in [5.41, 5.74) is 1.13. The minimum absolute atomic E-state index is 0.118. The fourth-order valence-corrected chi connectivity index (χ4v) is 1.72. The molecule has 4 heteroatoms. The summed E-state index contributed by atoms with van der Waals surface area (Å²) in [5.74, 6) is 0.669. The number of rotatable bonds is 2. The van der Waals surface area contributed by atoms with Crippen molar-refractivity contribution in [2.45, 2.75) is 20.8 Å². The molecule has 2 aromatic rings. The minimum atomic E-state index is -0.377. The predicted octanol–water partition coefficient (Wildman–Crippen LogP) is 2.80. The number of carbonyl (C=O) groups is 1. The number of aromatic nitrogens is 2. The molecular formula is C13H16N2O2. The molecule has 90 valence electrons. The molecule has 0 aliphatic carbocycles. The van der Waals surface area contributed by atoms with Crippen LogP contribution in [0.25, 0.3) is 10.9 Å². The lowest BCUT2D eigenvalue weighted by atomic mass is 9.86. The van der Waals surface area contributed by atoms with E-state index in [0.29, 0.717) is 11.4 Å². The summed E-state index contributed by atoms with van der Waals surface area (Å²) in [6.07, 6.45) is 0. The summed E-state index contributed by atoms with van der Waals surface area (Å²) >= 11 is 0. The lowest BCUT2D eigenvalue weighted by Gasteiger charge is -2.16. The highest BCUT2D eigenvalue weighted by Crippen LogP contribution is 2.26. The van der Waals surface area contributed by atoms with Gasteiger partial charge < -0.3 is 4.74 Å². The van der Waals surface area contributed by atoms with Gasteiger partial charge in [0.25, 0.3) is 0 Å². The van der Waals surface area contributed by atoms with Crippen LogP contribution in [0.15, 0.2) is 18.2 Å². The van der Waals surface area contributed by atoms with Crippen molar-refractivity contribution in [3.8, 4) is 5.88 Å². The van der Waals surface area contributed by atoms with Gasteiger partial charge in [0.05, 0.1) is 18.0 Å². The van der Waals surface area contributed by atoms with Gasteiger partial charge in [0.2, 0.25) is 5.88 Å². The maximum Gasteiger partial charge on any atom is 0.240 e. The Kier molecular flexibility index (Phi) is 2.65. The van der Waals surface area contributed by atoms with E-state index in [2.05, 4.69) is 10.2 Å². The number of nitrogens with one attached hydrogen (secondary N) is 1. The molecule has 0 aliphatic heterocycles. The molecule has 17 heavy (non-hydrogen) atoms. The highest BCUT2D eigenvalue weighted by Gasteiger charge is 2.23. The second-order valence-electron chi connectivity index (χ2n) is 5.07. The Morgan fingerprint density at radius 1 is 1.35 bits per heavy atom. The molecule has 2 rings (SSSR count). The Morgan fingerprint density at radius 3 is 2.65 bits per heavy atom. The molecule has 1 heterocycles. The minimum Gasteiger partial charge on any atom is -0.480 e. The molecule has 0 atom stereocenters. The van der Waals surface area contributed by atoms with Crippen molar-refractivity contribution in [2.24, 2.45) is 5.41 Å². The third-order valence-corrected chi connectivity index (χ3v) is 2.66. The number of benzene rings is 1. The van der Waals surface area contributed by atoms with E-state index in [-0.39, 0.29) is 11.2 Å². The van der Waals surface area contributed by atoms with Gasteiger partial charge >= 0.3 is 0 Å². The normalized spacial score (nSPS) is 11.8. The van der Waals surface area contributed by atoms with E-state index >= 15 is 0 Å². The van der Waals surface area contributed by atoms with Crippen LogP contribution >= 0.6 is 0 Å². The van der Waals surface area contributed by atoms with E-state index in [4.69, 9.17) is 4.74 Å². The fraction of sp³-hybridized carbons (Fsp3) is 0.385. The van der Waals surface area contributed by atoms with E-state index in [1.54, 1.807) is 7.11 Å². The van der Waals surface area contributed by atoms with E-state index in [9.17, 15) is 4.79 Å². The quantitative estimate of drug-likeness (QED) is 0.810. The maximum absolute atomic E-state index is 12.1.